The summed E-state index contributed by atoms with van der Waals surface area (Å²) in [6.07, 6.45) is -3.97. The van der Waals surface area contributed by atoms with Gasteiger partial charge in [-0.25, -0.2) is 13.2 Å². The molecule has 0 bridgehead atoms. The Morgan fingerprint density at radius 1 is 1.00 bits per heavy atom. The molecule has 1 atom stereocenters. The van der Waals surface area contributed by atoms with E-state index < -0.39 is 38.6 Å². The molecule has 0 saturated carbocycles. The highest BCUT2D eigenvalue weighted by Gasteiger charge is 2.37. The number of para-hydroxylation sites is 1. The average Bonchev–Trinajstić information content (AvgIpc) is 2.79. The molecule has 0 aliphatic carbocycles. The van der Waals surface area contributed by atoms with Gasteiger partial charge >= 0.3 is 12.2 Å². The van der Waals surface area contributed by atoms with E-state index in [1.807, 2.05) is 10.8 Å². The van der Waals surface area contributed by atoms with Gasteiger partial charge in [-0.15, -0.1) is 0 Å². The van der Waals surface area contributed by atoms with E-state index in [0.29, 0.717) is 37.7 Å². The Hall–Kier alpha value is -3.12. The zero-order valence-electron chi connectivity index (χ0n) is 18.3. The Morgan fingerprint density at radius 3 is 2.21 bits per heavy atom. The number of piperidine rings is 1. The van der Waals surface area contributed by atoms with Crippen LogP contribution < -0.4 is 15.4 Å². The number of rotatable bonds is 6. The van der Waals surface area contributed by atoms with Gasteiger partial charge in [-0.05, 0) is 44.0 Å². The molecule has 3 amide bonds. The van der Waals surface area contributed by atoms with Crippen molar-refractivity contribution in [3.8, 4) is 0 Å². The fourth-order valence-corrected chi connectivity index (χ4v) is 4.99. The minimum Gasteiger partial charge on any atom is -0.352 e. The van der Waals surface area contributed by atoms with Crippen LogP contribution in [0.1, 0.15) is 25.3 Å². The molecule has 12 heteroatoms. The first-order valence-corrected chi connectivity index (χ1v) is 12.1. The Balaban J connectivity index is 1.53. The molecule has 0 aromatic heterocycles. The van der Waals surface area contributed by atoms with Crippen molar-refractivity contribution in [2.24, 2.45) is 0 Å². The number of hydrogen-bond donors (Lipinski definition) is 3. The first-order chi connectivity index (χ1) is 16.0. The molecular weight excluding hydrogens is 473 g/mol. The molecule has 1 fully saturated rings. The summed E-state index contributed by atoms with van der Waals surface area (Å²) in [6.45, 7) is 2.01. The van der Waals surface area contributed by atoms with Gasteiger partial charge < -0.3 is 15.5 Å². The van der Waals surface area contributed by atoms with Crippen LogP contribution >= 0.6 is 0 Å². The summed E-state index contributed by atoms with van der Waals surface area (Å²) in [4.78, 5) is 25.5. The molecule has 2 aromatic rings. The van der Waals surface area contributed by atoms with Crippen molar-refractivity contribution in [3.05, 3.63) is 60.2 Å². The Bertz CT molecular complexity index is 1120. The van der Waals surface area contributed by atoms with Crippen LogP contribution in [0.4, 0.5) is 23.7 Å². The van der Waals surface area contributed by atoms with E-state index in [4.69, 9.17) is 0 Å². The zero-order valence-corrected chi connectivity index (χ0v) is 19.1. The fourth-order valence-electron chi connectivity index (χ4n) is 3.56. The average molecular weight is 499 g/mol. The SMILES string of the molecule is CC(NS(=O)(=O)c1ccccc1C(F)(F)F)C(=O)NC1CCN(C(=O)Nc2ccccc2)CC1. The van der Waals surface area contributed by atoms with Crippen LogP contribution in [0.15, 0.2) is 59.5 Å². The number of anilines is 1. The predicted molar refractivity (Wildman–Crippen MR) is 119 cm³/mol. The highest BCUT2D eigenvalue weighted by molar-refractivity contribution is 7.89. The first kappa shape index (κ1) is 25.5. The number of urea groups is 1. The summed E-state index contributed by atoms with van der Waals surface area (Å²) in [5, 5.41) is 5.48. The van der Waals surface area contributed by atoms with Crippen molar-refractivity contribution in [2.45, 2.75) is 42.9 Å². The lowest BCUT2D eigenvalue weighted by atomic mass is 10.0. The largest absolute Gasteiger partial charge is 0.417 e. The highest BCUT2D eigenvalue weighted by atomic mass is 32.2. The van der Waals surface area contributed by atoms with Crippen molar-refractivity contribution in [1.29, 1.82) is 0 Å². The van der Waals surface area contributed by atoms with Gasteiger partial charge in [0.15, 0.2) is 0 Å². The second-order valence-electron chi connectivity index (χ2n) is 7.90. The van der Waals surface area contributed by atoms with E-state index in [1.54, 1.807) is 29.2 Å². The van der Waals surface area contributed by atoms with Crippen molar-refractivity contribution < 1.29 is 31.2 Å². The molecule has 184 valence electrons. The van der Waals surface area contributed by atoms with Gasteiger partial charge in [-0.2, -0.15) is 17.9 Å². The molecule has 1 heterocycles. The number of amides is 3. The molecule has 3 rings (SSSR count). The van der Waals surface area contributed by atoms with Gasteiger partial charge in [0.25, 0.3) is 0 Å². The second kappa shape index (κ2) is 10.4. The fraction of sp³-hybridized carbons (Fsp3) is 0.364. The molecule has 0 spiro atoms. The number of halogens is 3. The molecule has 1 aliphatic heterocycles. The van der Waals surface area contributed by atoms with Gasteiger partial charge in [0, 0.05) is 24.8 Å². The third-order valence-electron chi connectivity index (χ3n) is 5.36. The maximum atomic E-state index is 13.2. The molecule has 34 heavy (non-hydrogen) atoms. The van der Waals surface area contributed by atoms with E-state index in [2.05, 4.69) is 10.6 Å². The number of nitrogens with one attached hydrogen (secondary N) is 3. The molecule has 3 N–H and O–H groups in total. The molecule has 8 nitrogen and oxygen atoms in total. The van der Waals surface area contributed by atoms with Crippen LogP contribution in [0, 0.1) is 0 Å². The highest BCUT2D eigenvalue weighted by Crippen LogP contribution is 2.33. The first-order valence-electron chi connectivity index (χ1n) is 10.6. The van der Waals surface area contributed by atoms with Crippen LogP contribution in [0.3, 0.4) is 0 Å². The summed E-state index contributed by atoms with van der Waals surface area (Å²) in [6, 6.07) is 10.9. The molecule has 0 radical (unpaired) electrons. The Morgan fingerprint density at radius 2 is 1.59 bits per heavy atom. The summed E-state index contributed by atoms with van der Waals surface area (Å²) in [7, 11) is -4.60. The van der Waals surface area contributed by atoms with Crippen LogP contribution in [0.5, 0.6) is 0 Å². The number of carbonyl (C=O) groups is 2. The van der Waals surface area contributed by atoms with Crippen LogP contribution in [0.25, 0.3) is 0 Å². The predicted octanol–water partition coefficient (Wildman–Crippen LogP) is 3.18. The van der Waals surface area contributed by atoms with Crippen molar-refractivity contribution >= 4 is 27.6 Å². The number of hydrogen-bond acceptors (Lipinski definition) is 4. The Labute approximate surface area is 195 Å². The molecule has 2 aromatic carbocycles. The van der Waals surface area contributed by atoms with E-state index in [1.165, 1.54) is 13.0 Å². The number of carbonyl (C=O) groups excluding carboxylic acids is 2. The van der Waals surface area contributed by atoms with Crippen LogP contribution in [0.2, 0.25) is 0 Å². The molecule has 1 unspecified atom stereocenters. The molecule has 1 saturated heterocycles. The Kier molecular flexibility index (Phi) is 7.82. The quantitative estimate of drug-likeness (QED) is 0.569. The van der Waals surface area contributed by atoms with E-state index >= 15 is 0 Å². The summed E-state index contributed by atoms with van der Waals surface area (Å²) < 4.78 is 66.7. The molecule has 1 aliphatic rings. The molecular formula is C22H25F3N4O4S. The van der Waals surface area contributed by atoms with E-state index in [0.717, 1.165) is 12.1 Å². The van der Waals surface area contributed by atoms with Crippen LogP contribution in [-0.2, 0) is 21.0 Å². The lowest BCUT2D eigenvalue weighted by molar-refractivity contribution is -0.139. The standard InChI is InChI=1S/C22H25F3N4O4S/c1-15(28-34(32,33)19-10-6-5-9-18(19)22(23,24)25)20(30)26-17-11-13-29(14-12-17)21(31)27-16-7-3-2-4-8-16/h2-10,15,17,28H,11-14H2,1H3,(H,26,30)(H,27,31). The normalized spacial score (nSPS) is 16.1. The van der Waals surface area contributed by atoms with Crippen molar-refractivity contribution in [2.75, 3.05) is 18.4 Å². The number of benzene rings is 2. The smallest absolute Gasteiger partial charge is 0.352 e. The third-order valence-corrected chi connectivity index (χ3v) is 6.96. The lowest BCUT2D eigenvalue weighted by Gasteiger charge is -2.33. The van der Waals surface area contributed by atoms with Gasteiger partial charge in [0.05, 0.1) is 16.5 Å². The van der Waals surface area contributed by atoms with Crippen molar-refractivity contribution in [1.82, 2.24) is 14.9 Å². The topological polar surface area (TPSA) is 108 Å². The monoisotopic (exact) mass is 498 g/mol. The summed E-state index contributed by atoms with van der Waals surface area (Å²) in [5.74, 6) is -0.666. The van der Waals surface area contributed by atoms with Gasteiger partial charge in [-0.3, -0.25) is 4.79 Å². The van der Waals surface area contributed by atoms with E-state index in [9.17, 15) is 31.2 Å². The summed E-state index contributed by atoms with van der Waals surface area (Å²) in [5.41, 5.74) is -0.646. The third kappa shape index (κ3) is 6.48. The maximum Gasteiger partial charge on any atom is 0.417 e. The minimum absolute atomic E-state index is 0.263. The van der Waals surface area contributed by atoms with Gasteiger partial charge in [0.2, 0.25) is 15.9 Å². The number of likely N-dealkylation sites (tertiary alicyclic amines) is 1. The van der Waals surface area contributed by atoms with E-state index in [-0.39, 0.29) is 12.1 Å². The minimum atomic E-state index is -4.86. The van der Waals surface area contributed by atoms with Gasteiger partial charge in [0.1, 0.15) is 0 Å². The number of sulfonamides is 1. The van der Waals surface area contributed by atoms with Crippen molar-refractivity contribution in [3.63, 3.8) is 0 Å². The lowest BCUT2D eigenvalue weighted by Crippen LogP contribution is -2.52. The van der Waals surface area contributed by atoms with Crippen LogP contribution in [-0.4, -0.2) is 50.4 Å². The number of alkyl halides is 3. The zero-order chi connectivity index (χ0) is 24.9. The summed E-state index contributed by atoms with van der Waals surface area (Å²) >= 11 is 0. The van der Waals surface area contributed by atoms with Gasteiger partial charge in [-0.1, -0.05) is 30.3 Å². The second-order valence-corrected chi connectivity index (χ2v) is 9.59. The number of nitrogens with zero attached hydrogens (tertiary/aromatic N) is 1. The maximum absolute atomic E-state index is 13.2.